The molecule has 0 amide bonds. The van der Waals surface area contributed by atoms with Crippen molar-refractivity contribution in [1.82, 2.24) is 0 Å². The van der Waals surface area contributed by atoms with Gasteiger partial charge in [0.25, 0.3) is 10.0 Å². The lowest BCUT2D eigenvalue weighted by Gasteiger charge is -2.14. The van der Waals surface area contributed by atoms with Crippen LogP contribution in [-0.4, -0.2) is 21.6 Å². The van der Waals surface area contributed by atoms with E-state index < -0.39 is 10.0 Å². The molecule has 0 saturated carbocycles. The number of benzene rings is 2. The standard InChI is InChI=1S/C15H12BrCl2NO4S/c16-9-2-3-15(11(18)6-9)24(20,21)19-12-8-14-13(7-10(12)17)22-4-1-5-23-14/h2-3,6-8,19H,1,4-5H2. The van der Waals surface area contributed by atoms with Crippen LogP contribution in [0, 0.1) is 0 Å². The van der Waals surface area contributed by atoms with E-state index in [1.807, 2.05) is 0 Å². The molecule has 2 aromatic carbocycles. The summed E-state index contributed by atoms with van der Waals surface area (Å²) in [5.41, 5.74) is 0.194. The molecule has 0 spiro atoms. The fraction of sp³-hybridized carbons (Fsp3) is 0.200. The third kappa shape index (κ3) is 3.74. The summed E-state index contributed by atoms with van der Waals surface area (Å²) in [5.74, 6) is 0.929. The third-order valence-corrected chi connectivity index (χ3v) is 5.92. The summed E-state index contributed by atoms with van der Waals surface area (Å²) in [7, 11) is -3.90. The van der Waals surface area contributed by atoms with Crippen molar-refractivity contribution in [1.29, 1.82) is 0 Å². The Kier molecular flexibility index (Phi) is 5.15. The van der Waals surface area contributed by atoms with Gasteiger partial charge >= 0.3 is 0 Å². The summed E-state index contributed by atoms with van der Waals surface area (Å²) >= 11 is 15.4. The molecule has 1 aliphatic heterocycles. The van der Waals surface area contributed by atoms with Gasteiger partial charge in [-0.25, -0.2) is 8.42 Å². The molecule has 0 atom stereocenters. The van der Waals surface area contributed by atoms with E-state index in [1.54, 1.807) is 6.07 Å². The SMILES string of the molecule is O=S(=O)(Nc1cc2c(cc1Cl)OCCCO2)c1ccc(Br)cc1Cl. The predicted octanol–water partition coefficient (Wildman–Crippen LogP) is 4.72. The lowest BCUT2D eigenvalue weighted by molar-refractivity contribution is 0.297. The van der Waals surface area contributed by atoms with Crippen LogP contribution < -0.4 is 14.2 Å². The fourth-order valence-electron chi connectivity index (χ4n) is 2.16. The maximum atomic E-state index is 12.6. The highest BCUT2D eigenvalue weighted by Crippen LogP contribution is 2.39. The van der Waals surface area contributed by atoms with Gasteiger partial charge in [0.2, 0.25) is 0 Å². The topological polar surface area (TPSA) is 64.6 Å². The van der Waals surface area contributed by atoms with E-state index in [1.165, 1.54) is 24.3 Å². The van der Waals surface area contributed by atoms with Gasteiger partial charge in [0.15, 0.2) is 11.5 Å². The Labute approximate surface area is 158 Å². The Morgan fingerprint density at radius 3 is 2.33 bits per heavy atom. The quantitative estimate of drug-likeness (QED) is 0.731. The smallest absolute Gasteiger partial charge is 0.263 e. The van der Waals surface area contributed by atoms with Crippen molar-refractivity contribution >= 4 is 54.8 Å². The van der Waals surface area contributed by atoms with Crippen LogP contribution in [0.15, 0.2) is 39.7 Å². The zero-order valence-electron chi connectivity index (χ0n) is 12.2. The molecule has 9 heteroatoms. The Hall–Kier alpha value is -1.15. The number of sulfonamides is 1. The summed E-state index contributed by atoms with van der Waals surface area (Å²) in [6.07, 6.45) is 0.738. The van der Waals surface area contributed by atoms with Crippen LogP contribution in [0.3, 0.4) is 0 Å². The molecule has 0 radical (unpaired) electrons. The first-order chi connectivity index (χ1) is 11.4. The molecular weight excluding hydrogens is 441 g/mol. The average Bonchev–Trinajstić information content (AvgIpc) is 2.72. The molecule has 1 heterocycles. The van der Waals surface area contributed by atoms with Crippen molar-refractivity contribution in [2.24, 2.45) is 0 Å². The number of nitrogens with one attached hydrogen (secondary N) is 1. The second-order valence-electron chi connectivity index (χ2n) is 5.01. The number of anilines is 1. The molecule has 0 bridgehead atoms. The highest BCUT2D eigenvalue weighted by molar-refractivity contribution is 9.10. The first-order valence-electron chi connectivity index (χ1n) is 6.94. The molecule has 0 saturated heterocycles. The summed E-state index contributed by atoms with van der Waals surface area (Å²) in [5, 5.41) is 0.304. The molecule has 2 aromatic rings. The molecule has 1 N–H and O–H groups in total. The van der Waals surface area contributed by atoms with Crippen molar-refractivity contribution in [3.8, 4) is 11.5 Å². The van der Waals surface area contributed by atoms with Gasteiger partial charge in [-0.1, -0.05) is 39.1 Å². The van der Waals surface area contributed by atoms with E-state index in [9.17, 15) is 8.42 Å². The van der Waals surface area contributed by atoms with E-state index in [0.29, 0.717) is 29.2 Å². The number of halogens is 3. The van der Waals surface area contributed by atoms with E-state index in [4.69, 9.17) is 32.7 Å². The molecule has 5 nitrogen and oxygen atoms in total. The van der Waals surface area contributed by atoms with Crippen molar-refractivity contribution in [2.45, 2.75) is 11.3 Å². The Bertz CT molecular complexity index is 889. The average molecular weight is 453 g/mol. The number of ether oxygens (including phenoxy) is 2. The molecule has 24 heavy (non-hydrogen) atoms. The predicted molar refractivity (Wildman–Crippen MR) is 97.0 cm³/mol. The molecule has 1 aliphatic rings. The van der Waals surface area contributed by atoms with Crippen LogP contribution in [0.5, 0.6) is 11.5 Å². The molecule has 0 fully saturated rings. The van der Waals surface area contributed by atoms with E-state index in [2.05, 4.69) is 20.7 Å². The van der Waals surface area contributed by atoms with Crippen molar-refractivity contribution in [2.75, 3.05) is 17.9 Å². The fourth-order valence-corrected chi connectivity index (χ4v) is 4.52. The monoisotopic (exact) mass is 451 g/mol. The van der Waals surface area contributed by atoms with Crippen molar-refractivity contribution in [3.63, 3.8) is 0 Å². The molecule has 0 aromatic heterocycles. The normalized spacial score (nSPS) is 14.1. The van der Waals surface area contributed by atoms with E-state index in [-0.39, 0.29) is 20.6 Å². The lowest BCUT2D eigenvalue weighted by atomic mass is 10.3. The molecule has 0 unspecified atom stereocenters. The summed E-state index contributed by atoms with van der Waals surface area (Å²) in [6.45, 7) is 1.00. The van der Waals surface area contributed by atoms with Gasteiger partial charge in [-0.05, 0) is 18.2 Å². The molecule has 0 aliphatic carbocycles. The maximum Gasteiger partial charge on any atom is 0.263 e. The van der Waals surface area contributed by atoms with Crippen LogP contribution in [0.25, 0.3) is 0 Å². The number of hydrogen-bond acceptors (Lipinski definition) is 4. The van der Waals surface area contributed by atoms with Gasteiger partial charge < -0.3 is 9.47 Å². The highest BCUT2D eigenvalue weighted by atomic mass is 79.9. The Balaban J connectivity index is 1.96. The molecule has 3 rings (SSSR count). The van der Waals surface area contributed by atoms with Gasteiger partial charge in [-0.2, -0.15) is 0 Å². The minimum Gasteiger partial charge on any atom is -0.490 e. The van der Waals surface area contributed by atoms with Crippen LogP contribution in [-0.2, 0) is 10.0 Å². The Morgan fingerprint density at radius 2 is 1.67 bits per heavy atom. The van der Waals surface area contributed by atoms with E-state index >= 15 is 0 Å². The van der Waals surface area contributed by atoms with Crippen LogP contribution in [0.4, 0.5) is 5.69 Å². The summed E-state index contributed by atoms with van der Waals surface area (Å²) in [6, 6.07) is 7.55. The molecule has 128 valence electrons. The third-order valence-electron chi connectivity index (χ3n) is 3.26. The maximum absolute atomic E-state index is 12.6. The van der Waals surface area contributed by atoms with Gasteiger partial charge in [0.05, 0.1) is 28.9 Å². The number of fused-ring (bicyclic) bond motifs is 1. The zero-order chi connectivity index (χ0) is 17.3. The van der Waals surface area contributed by atoms with Gasteiger partial charge in [0.1, 0.15) is 4.90 Å². The van der Waals surface area contributed by atoms with E-state index in [0.717, 1.165) is 6.42 Å². The second kappa shape index (κ2) is 7.00. The van der Waals surface area contributed by atoms with Crippen molar-refractivity contribution < 1.29 is 17.9 Å². The largest absolute Gasteiger partial charge is 0.490 e. The number of hydrogen-bond donors (Lipinski definition) is 1. The van der Waals surface area contributed by atoms with Crippen LogP contribution >= 0.6 is 39.1 Å². The second-order valence-corrected chi connectivity index (χ2v) is 8.39. The first-order valence-corrected chi connectivity index (χ1v) is 9.97. The first kappa shape index (κ1) is 17.7. The van der Waals surface area contributed by atoms with Crippen LogP contribution in [0.2, 0.25) is 10.0 Å². The molecular formula is C15H12BrCl2NO4S. The Morgan fingerprint density at radius 1 is 1.00 bits per heavy atom. The number of rotatable bonds is 3. The van der Waals surface area contributed by atoms with Crippen LogP contribution in [0.1, 0.15) is 6.42 Å². The lowest BCUT2D eigenvalue weighted by Crippen LogP contribution is -2.14. The van der Waals surface area contributed by atoms with Gasteiger partial charge in [-0.3, -0.25) is 4.72 Å². The van der Waals surface area contributed by atoms with Crippen molar-refractivity contribution in [3.05, 3.63) is 44.8 Å². The van der Waals surface area contributed by atoms with Gasteiger partial charge in [0, 0.05) is 23.0 Å². The summed E-state index contributed by atoms with van der Waals surface area (Å²) in [4.78, 5) is -0.0458. The zero-order valence-corrected chi connectivity index (χ0v) is 16.1. The van der Waals surface area contributed by atoms with Gasteiger partial charge in [-0.15, -0.1) is 0 Å². The summed E-state index contributed by atoms with van der Waals surface area (Å²) < 4.78 is 39.4. The minimum atomic E-state index is -3.90. The highest BCUT2D eigenvalue weighted by Gasteiger charge is 2.21. The minimum absolute atomic E-state index is 0.0458.